The van der Waals surface area contributed by atoms with E-state index in [0.717, 1.165) is 24.4 Å². The summed E-state index contributed by atoms with van der Waals surface area (Å²) in [6.45, 7) is 3.98. The summed E-state index contributed by atoms with van der Waals surface area (Å²) < 4.78 is 0. The van der Waals surface area contributed by atoms with E-state index in [1.807, 2.05) is 6.92 Å². The lowest BCUT2D eigenvalue weighted by Crippen LogP contribution is -2.27. The van der Waals surface area contributed by atoms with Gasteiger partial charge in [0.15, 0.2) is 0 Å². The van der Waals surface area contributed by atoms with Crippen molar-refractivity contribution in [3.8, 4) is 0 Å². The fraction of sp³-hybridized carbons (Fsp3) is 0.455. The highest BCUT2D eigenvalue weighted by Gasteiger charge is 2.21. The number of nitrogens with zero attached hydrogens (tertiary/aromatic N) is 1. The molecule has 0 spiro atoms. The Bertz CT molecular complexity index is 344. The third-order valence-corrected chi connectivity index (χ3v) is 2.76. The van der Waals surface area contributed by atoms with Crippen LogP contribution in [0.5, 0.6) is 0 Å². The van der Waals surface area contributed by atoms with E-state index in [1.54, 1.807) is 12.2 Å². The van der Waals surface area contributed by atoms with Gasteiger partial charge < -0.3 is 10.3 Å². The quantitative estimate of drug-likeness (QED) is 0.609. The highest BCUT2D eigenvalue weighted by Crippen LogP contribution is 2.21. The van der Waals surface area contributed by atoms with Crippen molar-refractivity contribution in [1.82, 2.24) is 4.90 Å². The molecule has 2 N–H and O–H groups in total. The smallest absolute Gasteiger partial charge is 0.0804 e. The Morgan fingerprint density at radius 2 is 1.79 bits per heavy atom. The predicted molar refractivity (Wildman–Crippen MR) is 58.1 cm³/mol. The van der Waals surface area contributed by atoms with Gasteiger partial charge in [-0.1, -0.05) is 0 Å². The second-order valence-electron chi connectivity index (χ2n) is 3.88. The number of allylic oxidation sites excluding steroid dienone is 3. The Balaban J connectivity index is 2.26. The third kappa shape index (κ3) is 1.50. The van der Waals surface area contributed by atoms with Crippen LogP contribution in [0, 0.1) is 10.8 Å². The maximum Gasteiger partial charge on any atom is 0.0804 e. The first-order valence-corrected chi connectivity index (χ1v) is 5.01. The summed E-state index contributed by atoms with van der Waals surface area (Å²) in [6.07, 6.45) is 5.98. The van der Waals surface area contributed by atoms with Crippen LogP contribution in [-0.4, -0.2) is 29.4 Å². The Kier molecular flexibility index (Phi) is 2.23. The topological polar surface area (TPSA) is 50.9 Å². The Labute approximate surface area is 84.1 Å². The molecule has 0 unspecified atom stereocenters. The van der Waals surface area contributed by atoms with E-state index in [4.69, 9.17) is 10.8 Å². The van der Waals surface area contributed by atoms with Gasteiger partial charge in [-0.15, -0.1) is 0 Å². The highest BCUT2D eigenvalue weighted by atomic mass is 15.2. The number of hydrogen-bond donors (Lipinski definition) is 2. The minimum absolute atomic E-state index is 0.514. The van der Waals surface area contributed by atoms with Crippen LogP contribution in [0.15, 0.2) is 23.4 Å². The minimum Gasteiger partial charge on any atom is -0.370 e. The number of rotatable bonds is 1. The van der Waals surface area contributed by atoms with Crippen molar-refractivity contribution < 1.29 is 0 Å². The molecule has 2 rings (SSSR count). The van der Waals surface area contributed by atoms with Crippen molar-refractivity contribution in [2.45, 2.75) is 19.8 Å². The minimum atomic E-state index is 0.514. The second kappa shape index (κ2) is 3.40. The molecule has 1 aliphatic heterocycles. The molecular weight excluding hydrogens is 174 g/mol. The van der Waals surface area contributed by atoms with Gasteiger partial charge in [0.1, 0.15) is 0 Å². The molecule has 2 aliphatic rings. The Morgan fingerprint density at radius 3 is 2.43 bits per heavy atom. The molecule has 1 heterocycles. The summed E-state index contributed by atoms with van der Waals surface area (Å²) in [7, 11) is 0. The Morgan fingerprint density at radius 1 is 1.14 bits per heavy atom. The second-order valence-corrected chi connectivity index (χ2v) is 3.88. The number of likely N-dealkylation sites (tertiary alicyclic amines) is 1. The normalized spacial score (nSPS) is 22.5. The van der Waals surface area contributed by atoms with E-state index in [0.29, 0.717) is 11.4 Å². The van der Waals surface area contributed by atoms with Crippen LogP contribution >= 0.6 is 0 Å². The third-order valence-electron chi connectivity index (χ3n) is 2.76. The zero-order chi connectivity index (χ0) is 10.1. The molecule has 3 heteroatoms. The van der Waals surface area contributed by atoms with Crippen molar-refractivity contribution in [3.63, 3.8) is 0 Å². The first-order valence-electron chi connectivity index (χ1n) is 5.01. The summed E-state index contributed by atoms with van der Waals surface area (Å²) in [4.78, 5) is 2.22. The van der Waals surface area contributed by atoms with Gasteiger partial charge in [-0.25, -0.2) is 0 Å². The molecule has 0 bridgehead atoms. The van der Waals surface area contributed by atoms with Gasteiger partial charge in [0.2, 0.25) is 0 Å². The maximum atomic E-state index is 7.93. The fourth-order valence-electron chi connectivity index (χ4n) is 1.98. The van der Waals surface area contributed by atoms with E-state index in [2.05, 4.69) is 4.90 Å². The molecule has 0 aromatic carbocycles. The molecule has 0 saturated carbocycles. The average Bonchev–Trinajstić information content (AvgIpc) is 2.63. The summed E-state index contributed by atoms with van der Waals surface area (Å²) in [5, 5.41) is 15.6. The van der Waals surface area contributed by atoms with Gasteiger partial charge in [-0.05, 0) is 37.5 Å². The van der Waals surface area contributed by atoms with Crippen LogP contribution in [0.4, 0.5) is 0 Å². The van der Waals surface area contributed by atoms with Crippen LogP contribution in [-0.2, 0) is 0 Å². The van der Waals surface area contributed by atoms with Crippen LogP contribution in [0.1, 0.15) is 19.8 Å². The largest absolute Gasteiger partial charge is 0.370 e. The summed E-state index contributed by atoms with van der Waals surface area (Å²) in [5.41, 5.74) is 2.94. The fourth-order valence-corrected chi connectivity index (χ4v) is 1.98. The SMILES string of the molecule is CC1=CC(=N)C=C(N2CCCC2)C1=N. The van der Waals surface area contributed by atoms with E-state index < -0.39 is 0 Å². The van der Waals surface area contributed by atoms with Gasteiger partial charge in [0, 0.05) is 13.1 Å². The molecule has 74 valence electrons. The first-order chi connectivity index (χ1) is 6.68. The lowest BCUT2D eigenvalue weighted by Gasteiger charge is -2.24. The van der Waals surface area contributed by atoms with E-state index in [1.165, 1.54) is 12.8 Å². The first kappa shape index (κ1) is 9.19. The van der Waals surface area contributed by atoms with Crippen molar-refractivity contribution >= 4 is 11.4 Å². The Hall–Kier alpha value is -1.38. The van der Waals surface area contributed by atoms with E-state index in [-0.39, 0.29) is 0 Å². The van der Waals surface area contributed by atoms with Gasteiger partial charge >= 0.3 is 0 Å². The van der Waals surface area contributed by atoms with Gasteiger partial charge in [0.25, 0.3) is 0 Å². The lowest BCUT2D eigenvalue weighted by molar-refractivity contribution is 0.448. The number of nitrogens with one attached hydrogen (secondary N) is 2. The van der Waals surface area contributed by atoms with Crippen molar-refractivity contribution in [2.75, 3.05) is 13.1 Å². The molecule has 0 aromatic heterocycles. The zero-order valence-electron chi connectivity index (χ0n) is 8.43. The van der Waals surface area contributed by atoms with Crippen molar-refractivity contribution in [3.05, 3.63) is 23.4 Å². The van der Waals surface area contributed by atoms with Gasteiger partial charge in [-0.3, -0.25) is 5.41 Å². The van der Waals surface area contributed by atoms with Crippen LogP contribution in [0.3, 0.4) is 0 Å². The summed E-state index contributed by atoms with van der Waals surface area (Å²) in [6, 6.07) is 0. The predicted octanol–water partition coefficient (Wildman–Crippen LogP) is 1.97. The molecular formula is C11H15N3. The molecule has 14 heavy (non-hydrogen) atoms. The maximum absolute atomic E-state index is 7.93. The number of hydrogen-bond acceptors (Lipinski definition) is 3. The molecule has 1 fully saturated rings. The van der Waals surface area contributed by atoms with Gasteiger partial charge in [-0.2, -0.15) is 0 Å². The molecule has 0 aromatic rings. The standard InChI is InChI=1S/C11H15N3/c1-8-6-9(12)7-10(11(8)13)14-4-2-3-5-14/h6-7,12-13H,2-5H2,1H3. The molecule has 1 saturated heterocycles. The summed E-state index contributed by atoms with van der Waals surface area (Å²) in [5.74, 6) is 0. The molecule has 1 aliphatic carbocycles. The highest BCUT2D eigenvalue weighted by molar-refractivity contribution is 6.21. The van der Waals surface area contributed by atoms with Crippen molar-refractivity contribution in [2.24, 2.45) is 0 Å². The average molecular weight is 189 g/mol. The lowest BCUT2D eigenvalue weighted by atomic mass is 10.00. The monoisotopic (exact) mass is 189 g/mol. The van der Waals surface area contributed by atoms with Gasteiger partial charge in [0.05, 0.1) is 17.1 Å². The zero-order valence-corrected chi connectivity index (χ0v) is 8.43. The molecule has 0 atom stereocenters. The van der Waals surface area contributed by atoms with Crippen LogP contribution < -0.4 is 0 Å². The summed E-state index contributed by atoms with van der Waals surface area (Å²) >= 11 is 0. The van der Waals surface area contributed by atoms with Crippen LogP contribution in [0.2, 0.25) is 0 Å². The molecule has 0 radical (unpaired) electrons. The molecule has 3 nitrogen and oxygen atoms in total. The van der Waals surface area contributed by atoms with E-state index >= 15 is 0 Å². The van der Waals surface area contributed by atoms with Crippen LogP contribution in [0.25, 0.3) is 0 Å². The van der Waals surface area contributed by atoms with Crippen molar-refractivity contribution in [1.29, 1.82) is 10.8 Å². The van der Waals surface area contributed by atoms with E-state index in [9.17, 15) is 0 Å². The molecule has 0 amide bonds.